The number of esters is 1. The van der Waals surface area contributed by atoms with Gasteiger partial charge in [0.1, 0.15) is 17.2 Å². The van der Waals surface area contributed by atoms with E-state index in [9.17, 15) is 18.0 Å². The number of carbonyl (C=O) groups excluding carboxylic acids is 1. The second-order valence-corrected chi connectivity index (χ2v) is 10.5. The molecule has 6 rings (SSSR count). The highest BCUT2D eigenvalue weighted by Crippen LogP contribution is 2.33. The average Bonchev–Trinajstić information content (AvgIpc) is 3.01. The topological polar surface area (TPSA) is 38.8 Å². The molecule has 5 aromatic carbocycles. The maximum Gasteiger partial charge on any atom is 0.416 e. The number of para-hydroxylation sites is 1. The Hall–Kier alpha value is -4.88. The fourth-order valence-electron chi connectivity index (χ4n) is 5.29. The molecule has 0 N–H and O–H groups in total. The number of rotatable bonds is 7. The molecule has 0 aliphatic carbocycles. The molecule has 1 heterocycles. The molecule has 1 aliphatic rings. The Morgan fingerprint density at radius 1 is 0.721 bits per heavy atom. The fraction of sp³-hybridized carbons (Fsp3) is 0.139. The molecule has 43 heavy (non-hydrogen) atoms. The van der Waals surface area contributed by atoms with Crippen molar-refractivity contribution >= 4 is 5.97 Å². The summed E-state index contributed by atoms with van der Waals surface area (Å²) in [4.78, 5) is 15.6. The van der Waals surface area contributed by atoms with Gasteiger partial charge in [0, 0.05) is 19.6 Å². The zero-order chi connectivity index (χ0) is 29.8. The first kappa shape index (κ1) is 28.2. The van der Waals surface area contributed by atoms with Gasteiger partial charge in [-0.3, -0.25) is 4.90 Å². The molecular weight excluding hydrogens is 551 g/mol. The summed E-state index contributed by atoms with van der Waals surface area (Å²) >= 11 is 0. The van der Waals surface area contributed by atoms with E-state index in [-0.39, 0.29) is 5.56 Å². The molecule has 0 atom stereocenters. The first-order valence-electron chi connectivity index (χ1n) is 14.0. The Labute approximate surface area is 247 Å². The highest BCUT2D eigenvalue weighted by Gasteiger charge is 2.30. The summed E-state index contributed by atoms with van der Waals surface area (Å²) < 4.78 is 50.8. The third-order valence-corrected chi connectivity index (χ3v) is 7.43. The maximum atomic E-state index is 13.2. The van der Waals surface area contributed by atoms with Crippen molar-refractivity contribution < 1.29 is 27.4 Å². The van der Waals surface area contributed by atoms with Gasteiger partial charge in [-0.1, -0.05) is 66.7 Å². The highest BCUT2D eigenvalue weighted by atomic mass is 19.4. The van der Waals surface area contributed by atoms with Crippen LogP contribution >= 0.6 is 0 Å². The normalized spacial score (nSPS) is 13.3. The number of hydrogen-bond donors (Lipinski definition) is 0. The number of ether oxygens (including phenoxy) is 2. The van der Waals surface area contributed by atoms with E-state index in [0.29, 0.717) is 16.9 Å². The number of carbonyl (C=O) groups is 1. The largest absolute Gasteiger partial charge is 0.457 e. The van der Waals surface area contributed by atoms with Crippen LogP contribution in [0.1, 0.15) is 32.6 Å². The molecule has 0 saturated heterocycles. The molecule has 216 valence electrons. The van der Waals surface area contributed by atoms with Gasteiger partial charge in [0.15, 0.2) is 0 Å². The van der Waals surface area contributed by atoms with E-state index in [1.54, 1.807) is 30.3 Å². The lowest BCUT2D eigenvalue weighted by molar-refractivity contribution is -0.137. The zero-order valence-electron chi connectivity index (χ0n) is 23.2. The third kappa shape index (κ3) is 6.79. The Morgan fingerprint density at radius 2 is 1.47 bits per heavy atom. The summed E-state index contributed by atoms with van der Waals surface area (Å²) in [5.41, 5.74) is 4.01. The van der Waals surface area contributed by atoms with Crippen LogP contribution in [0.15, 0.2) is 121 Å². The minimum Gasteiger partial charge on any atom is -0.457 e. The number of fused-ring (bicyclic) bond motifs is 1. The highest BCUT2D eigenvalue weighted by molar-refractivity contribution is 5.98. The van der Waals surface area contributed by atoms with Gasteiger partial charge in [0.2, 0.25) is 0 Å². The standard InChI is InChI=1S/C36H28F3NO3/c37-36(38,39)29-16-13-26(14-17-29)33-11-4-5-12-34(33)35(41)43-32-18-15-28-24-40(20-19-27(28)22-32)23-25-7-6-10-31(21-25)42-30-8-2-1-3-9-30/h1-18,21-22H,19-20,23-24H2. The lowest BCUT2D eigenvalue weighted by Crippen LogP contribution is -2.30. The van der Waals surface area contributed by atoms with Gasteiger partial charge in [-0.25, -0.2) is 4.79 Å². The summed E-state index contributed by atoms with van der Waals surface area (Å²) in [6, 6.07) is 35.0. The zero-order valence-corrected chi connectivity index (χ0v) is 23.2. The van der Waals surface area contributed by atoms with Crippen molar-refractivity contribution in [3.63, 3.8) is 0 Å². The van der Waals surface area contributed by atoms with Crippen LogP contribution in [-0.4, -0.2) is 17.4 Å². The molecule has 5 aromatic rings. The SMILES string of the molecule is O=C(Oc1ccc2c(c1)CCN(Cc1cccc(Oc3ccccc3)c1)C2)c1ccccc1-c1ccc(C(F)(F)F)cc1. The minimum atomic E-state index is -4.43. The first-order valence-corrected chi connectivity index (χ1v) is 14.0. The smallest absolute Gasteiger partial charge is 0.416 e. The van der Waals surface area contributed by atoms with E-state index in [4.69, 9.17) is 9.47 Å². The van der Waals surface area contributed by atoms with Gasteiger partial charge in [-0.2, -0.15) is 13.2 Å². The Kier molecular flexibility index (Phi) is 7.99. The van der Waals surface area contributed by atoms with Gasteiger partial charge in [0.25, 0.3) is 0 Å². The van der Waals surface area contributed by atoms with E-state index in [2.05, 4.69) is 17.0 Å². The van der Waals surface area contributed by atoms with E-state index < -0.39 is 17.7 Å². The molecule has 1 aliphatic heterocycles. The molecule has 0 aromatic heterocycles. The van der Waals surface area contributed by atoms with Crippen LogP contribution in [0.25, 0.3) is 11.1 Å². The Balaban J connectivity index is 1.11. The van der Waals surface area contributed by atoms with Crippen molar-refractivity contribution in [2.45, 2.75) is 25.7 Å². The Morgan fingerprint density at radius 3 is 2.26 bits per heavy atom. The van der Waals surface area contributed by atoms with Gasteiger partial charge >= 0.3 is 12.1 Å². The predicted molar refractivity (Wildman–Crippen MR) is 159 cm³/mol. The number of nitrogens with zero attached hydrogens (tertiary/aromatic N) is 1. The monoisotopic (exact) mass is 579 g/mol. The van der Waals surface area contributed by atoms with Crippen LogP contribution in [0.4, 0.5) is 13.2 Å². The van der Waals surface area contributed by atoms with Gasteiger partial charge in [-0.05, 0) is 88.8 Å². The summed E-state index contributed by atoms with van der Waals surface area (Å²) in [6.07, 6.45) is -3.62. The van der Waals surface area contributed by atoms with Gasteiger partial charge in [-0.15, -0.1) is 0 Å². The van der Waals surface area contributed by atoms with Crippen LogP contribution in [0, 0.1) is 0 Å². The molecule has 7 heteroatoms. The van der Waals surface area contributed by atoms with Gasteiger partial charge in [0.05, 0.1) is 11.1 Å². The molecule has 0 spiro atoms. The summed E-state index contributed by atoms with van der Waals surface area (Å²) in [6.45, 7) is 2.40. The van der Waals surface area contributed by atoms with E-state index in [1.807, 2.05) is 54.6 Å². The number of hydrogen-bond acceptors (Lipinski definition) is 4. The van der Waals surface area contributed by atoms with Crippen molar-refractivity contribution in [2.75, 3.05) is 6.54 Å². The van der Waals surface area contributed by atoms with Crippen LogP contribution in [0.2, 0.25) is 0 Å². The third-order valence-electron chi connectivity index (χ3n) is 7.43. The summed E-state index contributed by atoms with van der Waals surface area (Å²) in [7, 11) is 0. The van der Waals surface area contributed by atoms with E-state index in [0.717, 1.165) is 60.8 Å². The van der Waals surface area contributed by atoms with E-state index >= 15 is 0 Å². The lowest BCUT2D eigenvalue weighted by atomic mass is 9.98. The number of benzene rings is 5. The molecule has 0 fully saturated rings. The van der Waals surface area contributed by atoms with Crippen molar-refractivity contribution in [3.8, 4) is 28.4 Å². The number of alkyl halides is 3. The van der Waals surface area contributed by atoms with Crippen molar-refractivity contribution in [1.82, 2.24) is 4.90 Å². The minimum absolute atomic E-state index is 0.282. The molecule has 0 bridgehead atoms. The van der Waals surface area contributed by atoms with Crippen LogP contribution in [0.5, 0.6) is 17.2 Å². The quantitative estimate of drug-likeness (QED) is 0.143. The van der Waals surface area contributed by atoms with Crippen molar-refractivity contribution in [2.24, 2.45) is 0 Å². The molecule has 0 unspecified atom stereocenters. The lowest BCUT2D eigenvalue weighted by Gasteiger charge is -2.29. The predicted octanol–water partition coefficient (Wildman–Crippen LogP) is 8.94. The maximum absolute atomic E-state index is 13.2. The molecule has 4 nitrogen and oxygen atoms in total. The molecule has 0 radical (unpaired) electrons. The molecular formula is C36H28F3NO3. The average molecular weight is 580 g/mol. The fourth-order valence-corrected chi connectivity index (χ4v) is 5.29. The van der Waals surface area contributed by atoms with Crippen LogP contribution in [-0.2, 0) is 25.7 Å². The summed E-state index contributed by atoms with van der Waals surface area (Å²) in [5, 5.41) is 0. The first-order chi connectivity index (χ1) is 20.8. The van der Waals surface area contributed by atoms with Crippen LogP contribution < -0.4 is 9.47 Å². The number of halogens is 3. The van der Waals surface area contributed by atoms with Crippen molar-refractivity contribution in [1.29, 1.82) is 0 Å². The molecule has 0 amide bonds. The summed E-state index contributed by atoms with van der Waals surface area (Å²) in [5.74, 6) is 1.47. The second-order valence-electron chi connectivity index (χ2n) is 10.5. The molecule has 0 saturated carbocycles. The van der Waals surface area contributed by atoms with Gasteiger partial charge < -0.3 is 9.47 Å². The second kappa shape index (κ2) is 12.2. The van der Waals surface area contributed by atoms with Crippen molar-refractivity contribution in [3.05, 3.63) is 149 Å². The van der Waals surface area contributed by atoms with E-state index in [1.165, 1.54) is 17.7 Å². The van der Waals surface area contributed by atoms with Crippen LogP contribution in [0.3, 0.4) is 0 Å². The Bertz CT molecular complexity index is 1730.